The van der Waals surface area contributed by atoms with Crippen molar-refractivity contribution < 1.29 is 14.6 Å². The Kier molecular flexibility index (Phi) is 10.3. The van der Waals surface area contributed by atoms with Gasteiger partial charge in [-0.1, -0.05) is 47.5 Å². The summed E-state index contributed by atoms with van der Waals surface area (Å²) in [5, 5.41) is 11.3. The molecule has 1 atom stereocenters. The van der Waals surface area contributed by atoms with E-state index >= 15 is 0 Å². The lowest BCUT2D eigenvalue weighted by Gasteiger charge is -2.45. The maximum atomic E-state index is 13.5. The van der Waals surface area contributed by atoms with Gasteiger partial charge in [0.1, 0.15) is 0 Å². The molecule has 200 valence electrons. The Balaban J connectivity index is 1.49. The van der Waals surface area contributed by atoms with Crippen molar-refractivity contribution in [2.24, 2.45) is 5.92 Å². The highest BCUT2D eigenvalue weighted by atomic mass is 35.5. The van der Waals surface area contributed by atoms with Crippen LogP contribution in [0.25, 0.3) is 0 Å². The van der Waals surface area contributed by atoms with E-state index in [1.165, 1.54) is 11.1 Å². The van der Waals surface area contributed by atoms with Gasteiger partial charge in [-0.25, -0.2) is 0 Å². The lowest BCUT2D eigenvalue weighted by Crippen LogP contribution is -2.56. The van der Waals surface area contributed by atoms with Gasteiger partial charge in [0.15, 0.2) is 0 Å². The predicted octanol–water partition coefficient (Wildman–Crippen LogP) is 4.84. The number of piperidine rings is 1. The van der Waals surface area contributed by atoms with Crippen molar-refractivity contribution in [3.05, 3.63) is 69.7 Å². The van der Waals surface area contributed by atoms with Crippen molar-refractivity contribution in [1.82, 2.24) is 14.6 Å². The molecule has 1 amide bonds. The minimum atomic E-state index is -0.419. The number of rotatable bonds is 9. The summed E-state index contributed by atoms with van der Waals surface area (Å²) in [6.07, 6.45) is 3.28. The molecule has 2 aliphatic heterocycles. The number of halogens is 2. The van der Waals surface area contributed by atoms with Gasteiger partial charge >= 0.3 is 7.05 Å². The van der Waals surface area contributed by atoms with Crippen molar-refractivity contribution in [2.45, 2.75) is 44.6 Å². The quantitative estimate of drug-likeness (QED) is 0.457. The normalized spacial score (nSPS) is 19.9. The minimum absolute atomic E-state index is 0.0432. The third kappa shape index (κ3) is 7.50. The molecule has 0 aliphatic carbocycles. The molecule has 2 aromatic carbocycles. The summed E-state index contributed by atoms with van der Waals surface area (Å²) in [6, 6.07) is 16.2. The standard InChI is InChI=1S/C28H38BCl2N3O3/c1-29(36)33-14-11-21(12-15-33)19-27(35)34-17-16-32(20-26(34)13-18-37-2)28(22-3-7-24(30)8-4-22)23-5-9-25(31)10-6-23/h3-10,21,26,28,36H,11-20H2,1-2H3/t26-/m0/s1. The van der Waals surface area contributed by atoms with E-state index in [1.807, 2.05) is 31.1 Å². The third-order valence-electron chi connectivity index (χ3n) is 7.87. The van der Waals surface area contributed by atoms with E-state index in [1.54, 1.807) is 7.11 Å². The van der Waals surface area contributed by atoms with Gasteiger partial charge in [0.05, 0.1) is 6.04 Å². The summed E-state index contributed by atoms with van der Waals surface area (Å²) in [6.45, 7) is 6.36. The van der Waals surface area contributed by atoms with E-state index in [4.69, 9.17) is 27.9 Å². The van der Waals surface area contributed by atoms with E-state index in [0.717, 1.165) is 45.4 Å². The lowest BCUT2D eigenvalue weighted by atomic mass is 9.80. The fourth-order valence-electron chi connectivity index (χ4n) is 5.74. The average Bonchev–Trinajstić information content (AvgIpc) is 2.90. The first-order valence-electron chi connectivity index (χ1n) is 13.3. The fraction of sp³-hybridized carbons (Fsp3) is 0.536. The van der Waals surface area contributed by atoms with Crippen LogP contribution in [0.5, 0.6) is 0 Å². The van der Waals surface area contributed by atoms with E-state index in [2.05, 4.69) is 38.9 Å². The van der Waals surface area contributed by atoms with Gasteiger partial charge in [0.2, 0.25) is 5.91 Å². The van der Waals surface area contributed by atoms with Crippen LogP contribution in [0.3, 0.4) is 0 Å². The summed E-state index contributed by atoms with van der Waals surface area (Å²) < 4.78 is 5.43. The number of piperazine rings is 1. The highest BCUT2D eigenvalue weighted by Crippen LogP contribution is 2.33. The van der Waals surface area contributed by atoms with Crippen molar-refractivity contribution >= 4 is 36.2 Å². The van der Waals surface area contributed by atoms with E-state index < -0.39 is 7.05 Å². The SMILES string of the molecule is COCC[C@H]1CN(C(c2ccc(Cl)cc2)c2ccc(Cl)cc2)CCN1C(=O)CC1CCN(B(C)O)CC1. The number of hydrogen-bond donors (Lipinski definition) is 1. The maximum absolute atomic E-state index is 13.5. The number of nitrogens with zero attached hydrogens (tertiary/aromatic N) is 3. The number of hydrogen-bond acceptors (Lipinski definition) is 5. The molecule has 0 unspecified atom stereocenters. The lowest BCUT2D eigenvalue weighted by molar-refractivity contribution is -0.138. The Morgan fingerprint density at radius 2 is 1.57 bits per heavy atom. The van der Waals surface area contributed by atoms with Gasteiger partial charge in [0.25, 0.3) is 0 Å². The van der Waals surface area contributed by atoms with Crippen LogP contribution in [0.15, 0.2) is 48.5 Å². The molecular weight excluding hydrogens is 508 g/mol. The second-order valence-corrected chi connectivity index (χ2v) is 11.2. The first kappa shape index (κ1) is 28.4. The zero-order valence-electron chi connectivity index (χ0n) is 21.9. The Bertz CT molecular complexity index is 955. The number of methoxy groups -OCH3 is 1. The van der Waals surface area contributed by atoms with Crippen LogP contribution in [0.2, 0.25) is 16.9 Å². The Labute approximate surface area is 231 Å². The molecule has 6 nitrogen and oxygen atoms in total. The van der Waals surface area contributed by atoms with Crippen molar-refractivity contribution in [1.29, 1.82) is 0 Å². The second kappa shape index (κ2) is 13.5. The van der Waals surface area contributed by atoms with Crippen LogP contribution in [0.4, 0.5) is 0 Å². The molecule has 2 fully saturated rings. The van der Waals surface area contributed by atoms with E-state index in [0.29, 0.717) is 35.5 Å². The molecule has 2 saturated heterocycles. The number of carbonyl (C=O) groups is 1. The van der Waals surface area contributed by atoms with Gasteiger partial charge in [0, 0.05) is 55.9 Å². The topological polar surface area (TPSA) is 56.2 Å². The largest absolute Gasteiger partial charge is 0.437 e. The maximum Gasteiger partial charge on any atom is 0.376 e. The Morgan fingerprint density at radius 3 is 2.08 bits per heavy atom. The molecule has 2 heterocycles. The molecule has 1 N–H and O–H groups in total. The summed E-state index contributed by atoms with van der Waals surface area (Å²) in [5.74, 6) is 0.616. The molecule has 0 saturated carbocycles. The van der Waals surface area contributed by atoms with Gasteiger partial charge in [-0.15, -0.1) is 0 Å². The third-order valence-corrected chi connectivity index (χ3v) is 8.37. The predicted molar refractivity (Wildman–Crippen MR) is 151 cm³/mol. The van der Waals surface area contributed by atoms with Gasteiger partial charge < -0.3 is 19.5 Å². The molecule has 0 spiro atoms. The molecule has 2 aromatic rings. The van der Waals surface area contributed by atoms with Crippen LogP contribution in [0, 0.1) is 5.92 Å². The summed E-state index contributed by atoms with van der Waals surface area (Å²) in [7, 11) is 1.30. The summed E-state index contributed by atoms with van der Waals surface area (Å²) in [4.78, 5) is 20.2. The minimum Gasteiger partial charge on any atom is -0.437 e. The zero-order chi connectivity index (χ0) is 26.4. The Hall–Kier alpha value is -1.61. The van der Waals surface area contributed by atoms with E-state index in [-0.39, 0.29) is 18.0 Å². The molecule has 2 aliphatic rings. The molecule has 37 heavy (non-hydrogen) atoms. The van der Waals surface area contributed by atoms with Gasteiger partial charge in [-0.2, -0.15) is 0 Å². The second-order valence-electron chi connectivity index (χ2n) is 10.3. The molecular formula is C28H38BCl2N3O3. The molecule has 0 radical (unpaired) electrons. The highest BCUT2D eigenvalue weighted by Gasteiger charge is 2.35. The number of benzene rings is 2. The van der Waals surface area contributed by atoms with E-state index in [9.17, 15) is 9.82 Å². The molecule has 9 heteroatoms. The van der Waals surface area contributed by atoms with Crippen molar-refractivity contribution in [3.63, 3.8) is 0 Å². The summed E-state index contributed by atoms with van der Waals surface area (Å²) in [5.41, 5.74) is 2.34. The van der Waals surface area contributed by atoms with Crippen LogP contribution >= 0.6 is 23.2 Å². The first-order valence-corrected chi connectivity index (χ1v) is 14.1. The fourth-order valence-corrected chi connectivity index (χ4v) is 5.99. The first-order chi connectivity index (χ1) is 17.9. The smallest absolute Gasteiger partial charge is 0.376 e. The van der Waals surface area contributed by atoms with Gasteiger partial charge in [-0.3, -0.25) is 9.69 Å². The van der Waals surface area contributed by atoms with Gasteiger partial charge in [-0.05, 0) is 80.5 Å². The molecule has 4 rings (SSSR count). The number of carbonyl (C=O) groups excluding carboxylic acids is 1. The van der Waals surface area contributed by atoms with Crippen LogP contribution in [0.1, 0.15) is 42.9 Å². The number of ether oxygens (including phenoxy) is 1. The number of amides is 1. The average molecular weight is 546 g/mol. The molecule has 0 aromatic heterocycles. The van der Waals surface area contributed by atoms with Crippen LogP contribution in [-0.4, -0.2) is 85.1 Å². The zero-order valence-corrected chi connectivity index (χ0v) is 23.4. The van der Waals surface area contributed by atoms with Crippen molar-refractivity contribution in [3.8, 4) is 0 Å². The molecule has 0 bridgehead atoms. The van der Waals surface area contributed by atoms with Crippen molar-refractivity contribution in [2.75, 3.05) is 46.4 Å². The highest BCUT2D eigenvalue weighted by molar-refractivity contribution is 6.45. The Morgan fingerprint density at radius 1 is 1.00 bits per heavy atom. The summed E-state index contributed by atoms with van der Waals surface area (Å²) >= 11 is 12.4. The van der Waals surface area contributed by atoms with Crippen LogP contribution < -0.4 is 0 Å². The monoisotopic (exact) mass is 545 g/mol. The van der Waals surface area contributed by atoms with Crippen LogP contribution in [-0.2, 0) is 9.53 Å².